The Bertz CT molecular complexity index is 768. The lowest BCUT2D eigenvalue weighted by molar-refractivity contribution is -0.136. The molecule has 6 nitrogen and oxygen atoms in total. The fourth-order valence-corrected chi connectivity index (χ4v) is 3.11. The van der Waals surface area contributed by atoms with E-state index in [1.54, 1.807) is 41.2 Å². The van der Waals surface area contributed by atoms with E-state index in [9.17, 15) is 14.0 Å². The van der Waals surface area contributed by atoms with Crippen LogP contribution in [0.5, 0.6) is 0 Å². The summed E-state index contributed by atoms with van der Waals surface area (Å²) in [4.78, 5) is 30.3. The number of aromatic nitrogens is 2. The van der Waals surface area contributed by atoms with Crippen molar-refractivity contribution in [2.24, 2.45) is 5.92 Å². The topological polar surface area (TPSA) is 67.2 Å². The van der Waals surface area contributed by atoms with E-state index in [1.807, 2.05) is 6.07 Å². The van der Waals surface area contributed by atoms with E-state index in [1.165, 1.54) is 6.07 Å². The standard InChI is InChI=1S/C19H23FN4O2/c1-14-2-3-15(10-17(14)20)11-22-19(26)16-4-7-24(8-5-16)18(25)12-23-9-6-21-13-23/h2-3,6,9-10,13,16H,4-5,7-8,11-12H2,1H3,(H,22,26). The molecule has 0 aliphatic carbocycles. The summed E-state index contributed by atoms with van der Waals surface area (Å²) in [5.74, 6) is -0.367. The monoisotopic (exact) mass is 358 g/mol. The van der Waals surface area contributed by atoms with Crippen molar-refractivity contribution < 1.29 is 14.0 Å². The molecule has 2 amide bonds. The van der Waals surface area contributed by atoms with Crippen LogP contribution in [0.3, 0.4) is 0 Å². The third-order valence-corrected chi connectivity index (χ3v) is 4.80. The number of rotatable bonds is 5. The van der Waals surface area contributed by atoms with Crippen molar-refractivity contribution in [2.75, 3.05) is 13.1 Å². The van der Waals surface area contributed by atoms with Crippen molar-refractivity contribution in [3.05, 3.63) is 53.9 Å². The molecule has 0 saturated carbocycles. The minimum absolute atomic E-state index is 0.0345. The third-order valence-electron chi connectivity index (χ3n) is 4.80. The molecule has 1 aromatic carbocycles. The van der Waals surface area contributed by atoms with E-state index < -0.39 is 0 Å². The lowest BCUT2D eigenvalue weighted by atomic mass is 9.95. The van der Waals surface area contributed by atoms with Crippen molar-refractivity contribution in [1.82, 2.24) is 19.8 Å². The summed E-state index contributed by atoms with van der Waals surface area (Å²) >= 11 is 0. The second-order valence-electron chi connectivity index (χ2n) is 6.69. The number of carbonyl (C=O) groups is 2. The van der Waals surface area contributed by atoms with Gasteiger partial charge >= 0.3 is 0 Å². The van der Waals surface area contributed by atoms with E-state index in [4.69, 9.17) is 0 Å². The predicted molar refractivity (Wildman–Crippen MR) is 94.5 cm³/mol. The summed E-state index contributed by atoms with van der Waals surface area (Å²) in [6, 6.07) is 4.98. The lowest BCUT2D eigenvalue weighted by Crippen LogP contribution is -2.43. The number of amides is 2. The summed E-state index contributed by atoms with van der Waals surface area (Å²) in [5.41, 5.74) is 1.34. The smallest absolute Gasteiger partial charge is 0.242 e. The Morgan fingerprint density at radius 2 is 2.08 bits per heavy atom. The van der Waals surface area contributed by atoms with Gasteiger partial charge in [0.05, 0.1) is 6.33 Å². The lowest BCUT2D eigenvalue weighted by Gasteiger charge is -2.31. The minimum Gasteiger partial charge on any atom is -0.352 e. The molecule has 3 rings (SSSR count). The average molecular weight is 358 g/mol. The van der Waals surface area contributed by atoms with Gasteiger partial charge in [0.2, 0.25) is 11.8 Å². The highest BCUT2D eigenvalue weighted by Crippen LogP contribution is 2.18. The van der Waals surface area contributed by atoms with Gasteiger partial charge in [-0.2, -0.15) is 0 Å². The van der Waals surface area contributed by atoms with Crippen LogP contribution in [0.25, 0.3) is 0 Å². The molecule has 1 aliphatic rings. The summed E-state index contributed by atoms with van der Waals surface area (Å²) < 4.78 is 15.3. The number of piperidine rings is 1. The van der Waals surface area contributed by atoms with Crippen LogP contribution in [0, 0.1) is 18.7 Å². The molecular weight excluding hydrogens is 335 g/mol. The number of imidazole rings is 1. The summed E-state index contributed by atoms with van der Waals surface area (Å²) in [6.07, 6.45) is 6.30. The van der Waals surface area contributed by atoms with Gasteiger partial charge in [-0.1, -0.05) is 12.1 Å². The zero-order valence-electron chi connectivity index (χ0n) is 14.8. The fraction of sp³-hybridized carbons (Fsp3) is 0.421. The Labute approximate surface area is 152 Å². The van der Waals surface area contributed by atoms with Gasteiger partial charge in [0.25, 0.3) is 0 Å². The van der Waals surface area contributed by atoms with E-state index in [2.05, 4.69) is 10.3 Å². The van der Waals surface area contributed by atoms with E-state index in [0.29, 0.717) is 38.0 Å². The Balaban J connectivity index is 1.44. The molecule has 138 valence electrons. The van der Waals surface area contributed by atoms with Crippen molar-refractivity contribution in [3.8, 4) is 0 Å². The SMILES string of the molecule is Cc1ccc(CNC(=O)C2CCN(C(=O)Cn3ccnc3)CC2)cc1F. The molecule has 0 bridgehead atoms. The second kappa shape index (κ2) is 8.12. The van der Waals surface area contributed by atoms with Gasteiger partial charge in [0.15, 0.2) is 0 Å². The third kappa shape index (κ3) is 4.47. The highest BCUT2D eigenvalue weighted by Gasteiger charge is 2.27. The van der Waals surface area contributed by atoms with Crippen LogP contribution >= 0.6 is 0 Å². The first kappa shape index (κ1) is 18.1. The van der Waals surface area contributed by atoms with Gasteiger partial charge in [0.1, 0.15) is 12.4 Å². The van der Waals surface area contributed by atoms with Crippen LogP contribution in [0.15, 0.2) is 36.9 Å². The van der Waals surface area contributed by atoms with Gasteiger partial charge in [0, 0.05) is 37.9 Å². The van der Waals surface area contributed by atoms with Crippen molar-refractivity contribution in [2.45, 2.75) is 32.9 Å². The Morgan fingerprint density at radius 1 is 1.31 bits per heavy atom. The zero-order valence-corrected chi connectivity index (χ0v) is 14.8. The van der Waals surface area contributed by atoms with Gasteiger partial charge in [-0.15, -0.1) is 0 Å². The van der Waals surface area contributed by atoms with E-state index in [-0.39, 0.29) is 30.1 Å². The average Bonchev–Trinajstić information content (AvgIpc) is 3.15. The molecular formula is C19H23FN4O2. The van der Waals surface area contributed by atoms with E-state index in [0.717, 1.165) is 5.56 Å². The Morgan fingerprint density at radius 3 is 2.73 bits per heavy atom. The predicted octanol–water partition coefficient (Wildman–Crippen LogP) is 1.89. The molecule has 2 heterocycles. The van der Waals surface area contributed by atoms with Gasteiger partial charge in [-0.3, -0.25) is 9.59 Å². The maximum absolute atomic E-state index is 13.6. The number of aryl methyl sites for hydroxylation is 1. The number of hydrogen-bond donors (Lipinski definition) is 1. The number of halogens is 1. The normalized spacial score (nSPS) is 15.1. The molecule has 1 aromatic heterocycles. The first-order chi connectivity index (χ1) is 12.5. The molecule has 2 aromatic rings. The summed E-state index contributed by atoms with van der Waals surface area (Å²) in [6.45, 7) is 3.45. The van der Waals surface area contributed by atoms with Crippen LogP contribution in [0.2, 0.25) is 0 Å². The van der Waals surface area contributed by atoms with Crippen LogP contribution in [-0.2, 0) is 22.7 Å². The first-order valence-electron chi connectivity index (χ1n) is 8.79. The van der Waals surface area contributed by atoms with Crippen molar-refractivity contribution >= 4 is 11.8 Å². The summed E-state index contributed by atoms with van der Waals surface area (Å²) in [7, 11) is 0. The number of nitrogens with one attached hydrogen (secondary N) is 1. The number of hydrogen-bond acceptors (Lipinski definition) is 3. The van der Waals surface area contributed by atoms with Gasteiger partial charge < -0.3 is 14.8 Å². The molecule has 0 atom stereocenters. The summed E-state index contributed by atoms with van der Waals surface area (Å²) in [5, 5.41) is 2.87. The maximum atomic E-state index is 13.6. The van der Waals surface area contributed by atoms with Crippen LogP contribution in [-0.4, -0.2) is 39.4 Å². The Hall–Kier alpha value is -2.70. The van der Waals surface area contributed by atoms with Crippen molar-refractivity contribution in [3.63, 3.8) is 0 Å². The zero-order chi connectivity index (χ0) is 18.5. The largest absolute Gasteiger partial charge is 0.352 e. The second-order valence-corrected chi connectivity index (χ2v) is 6.69. The van der Waals surface area contributed by atoms with Crippen LogP contribution in [0.1, 0.15) is 24.0 Å². The molecule has 7 heteroatoms. The Kier molecular flexibility index (Phi) is 5.65. The number of carbonyl (C=O) groups excluding carboxylic acids is 2. The number of nitrogens with zero attached hydrogens (tertiary/aromatic N) is 3. The quantitative estimate of drug-likeness (QED) is 0.888. The highest BCUT2D eigenvalue weighted by molar-refractivity contribution is 5.80. The van der Waals surface area contributed by atoms with Gasteiger partial charge in [-0.25, -0.2) is 9.37 Å². The molecule has 0 unspecified atom stereocenters. The maximum Gasteiger partial charge on any atom is 0.242 e. The highest BCUT2D eigenvalue weighted by atomic mass is 19.1. The molecule has 0 spiro atoms. The number of benzene rings is 1. The fourth-order valence-electron chi connectivity index (χ4n) is 3.11. The van der Waals surface area contributed by atoms with E-state index >= 15 is 0 Å². The molecule has 1 N–H and O–H groups in total. The molecule has 26 heavy (non-hydrogen) atoms. The molecule has 1 aliphatic heterocycles. The van der Waals surface area contributed by atoms with Crippen LogP contribution in [0.4, 0.5) is 4.39 Å². The molecule has 0 radical (unpaired) electrons. The molecule has 1 saturated heterocycles. The van der Waals surface area contributed by atoms with Crippen molar-refractivity contribution in [1.29, 1.82) is 0 Å². The minimum atomic E-state index is -0.263. The molecule has 1 fully saturated rings. The van der Waals surface area contributed by atoms with Gasteiger partial charge in [-0.05, 0) is 37.0 Å². The first-order valence-corrected chi connectivity index (χ1v) is 8.79. The number of likely N-dealkylation sites (tertiary alicyclic amines) is 1. The van der Waals surface area contributed by atoms with Crippen LogP contribution < -0.4 is 5.32 Å².